The minimum absolute atomic E-state index is 0.260. The maximum Gasteiger partial charge on any atom is 0.293 e. The molecule has 88 valence electrons. The maximum absolute atomic E-state index is 10.4. The molecule has 0 aliphatic heterocycles. The third-order valence-electron chi connectivity index (χ3n) is 2.36. The second kappa shape index (κ2) is 5.74. The summed E-state index contributed by atoms with van der Waals surface area (Å²) in [6.45, 7) is 0.456. The van der Waals surface area contributed by atoms with E-state index in [1.54, 1.807) is 0 Å². The van der Waals surface area contributed by atoms with Crippen LogP contribution in [-0.2, 0) is 22.4 Å². The third kappa shape index (κ3) is 3.37. The van der Waals surface area contributed by atoms with Gasteiger partial charge in [0.1, 0.15) is 6.10 Å². The van der Waals surface area contributed by atoms with Crippen LogP contribution in [0, 0.1) is 0 Å². The summed E-state index contributed by atoms with van der Waals surface area (Å²) in [7, 11) is 0. The first-order valence-corrected chi connectivity index (χ1v) is 5.24. The number of nitrogens with zero attached hydrogens (tertiary/aromatic N) is 3. The summed E-state index contributed by atoms with van der Waals surface area (Å²) >= 11 is 0. The lowest BCUT2D eigenvalue weighted by Gasteiger charge is -2.13. The van der Waals surface area contributed by atoms with Crippen LogP contribution in [0.15, 0.2) is 30.3 Å². The number of H-pyrrole nitrogens is 1. The van der Waals surface area contributed by atoms with Crippen molar-refractivity contribution >= 4 is 6.47 Å². The third-order valence-corrected chi connectivity index (χ3v) is 2.36. The summed E-state index contributed by atoms with van der Waals surface area (Å²) in [4.78, 5) is 10.4. The van der Waals surface area contributed by atoms with Crippen molar-refractivity contribution in [2.45, 2.75) is 18.9 Å². The maximum atomic E-state index is 10.4. The molecule has 0 radical (unpaired) electrons. The van der Waals surface area contributed by atoms with E-state index in [0.717, 1.165) is 5.56 Å². The standard InChI is InChI=1S/C11H12N4O2/c16-8-17-10(7-11-12-14-15-13-11)6-9-4-2-1-3-5-9/h1-5,8,10H,6-7H2,(H,12,13,14,15). The van der Waals surface area contributed by atoms with Gasteiger partial charge >= 0.3 is 0 Å². The van der Waals surface area contributed by atoms with Crippen molar-refractivity contribution < 1.29 is 9.53 Å². The summed E-state index contributed by atoms with van der Waals surface area (Å²) in [5.41, 5.74) is 1.10. The number of benzene rings is 1. The molecule has 17 heavy (non-hydrogen) atoms. The molecule has 6 heteroatoms. The Labute approximate surface area is 98.0 Å². The fourth-order valence-corrected chi connectivity index (χ4v) is 1.60. The molecule has 0 fully saturated rings. The molecule has 1 aromatic heterocycles. The minimum atomic E-state index is -0.260. The second-order valence-corrected chi connectivity index (χ2v) is 3.60. The molecule has 0 saturated heterocycles. The number of aromatic nitrogens is 4. The van der Waals surface area contributed by atoms with Crippen molar-refractivity contribution in [1.82, 2.24) is 20.6 Å². The highest BCUT2D eigenvalue weighted by Crippen LogP contribution is 2.08. The number of hydrogen-bond acceptors (Lipinski definition) is 5. The number of aromatic amines is 1. The van der Waals surface area contributed by atoms with Crippen molar-refractivity contribution in [2.24, 2.45) is 0 Å². The molecule has 1 aromatic carbocycles. The van der Waals surface area contributed by atoms with Crippen LogP contribution < -0.4 is 0 Å². The Morgan fingerprint density at radius 3 is 2.76 bits per heavy atom. The molecule has 0 spiro atoms. The van der Waals surface area contributed by atoms with E-state index in [0.29, 0.717) is 25.1 Å². The Morgan fingerprint density at radius 2 is 2.12 bits per heavy atom. The fraction of sp³-hybridized carbons (Fsp3) is 0.273. The summed E-state index contributed by atoms with van der Waals surface area (Å²) in [5, 5.41) is 13.4. The molecule has 2 rings (SSSR count). The summed E-state index contributed by atoms with van der Waals surface area (Å²) in [6.07, 6.45) is 0.852. The lowest BCUT2D eigenvalue weighted by molar-refractivity contribution is -0.133. The predicted octanol–water partition coefficient (Wildman–Crippen LogP) is 0.526. The van der Waals surface area contributed by atoms with Gasteiger partial charge in [-0.05, 0) is 16.0 Å². The topological polar surface area (TPSA) is 80.8 Å². The average molecular weight is 232 g/mol. The van der Waals surface area contributed by atoms with E-state index < -0.39 is 0 Å². The average Bonchev–Trinajstić information content (AvgIpc) is 2.83. The molecule has 6 nitrogen and oxygen atoms in total. The number of tetrazole rings is 1. The number of hydrogen-bond donors (Lipinski definition) is 1. The van der Waals surface area contributed by atoms with Gasteiger partial charge in [0.2, 0.25) is 0 Å². The first-order valence-electron chi connectivity index (χ1n) is 5.24. The van der Waals surface area contributed by atoms with Crippen molar-refractivity contribution in [3.8, 4) is 0 Å². The van der Waals surface area contributed by atoms with Crippen LogP contribution in [0.3, 0.4) is 0 Å². The van der Waals surface area contributed by atoms with Crippen LogP contribution in [0.4, 0.5) is 0 Å². The summed E-state index contributed by atoms with van der Waals surface area (Å²) < 4.78 is 5.02. The molecule has 1 atom stereocenters. The van der Waals surface area contributed by atoms with Gasteiger partial charge in [-0.2, -0.15) is 0 Å². The summed E-state index contributed by atoms with van der Waals surface area (Å²) in [6, 6.07) is 9.81. The van der Waals surface area contributed by atoms with Crippen molar-refractivity contribution in [3.63, 3.8) is 0 Å². The molecule has 1 unspecified atom stereocenters. The van der Waals surface area contributed by atoms with E-state index in [1.165, 1.54) is 0 Å². The van der Waals surface area contributed by atoms with Crippen LogP contribution in [0.25, 0.3) is 0 Å². The zero-order chi connectivity index (χ0) is 11.9. The zero-order valence-electron chi connectivity index (χ0n) is 9.11. The molecule has 0 bridgehead atoms. The molecule has 0 aliphatic rings. The van der Waals surface area contributed by atoms with Gasteiger partial charge in [-0.1, -0.05) is 30.3 Å². The number of carbonyl (C=O) groups excluding carboxylic acids is 1. The van der Waals surface area contributed by atoms with Crippen molar-refractivity contribution in [1.29, 1.82) is 0 Å². The predicted molar refractivity (Wildman–Crippen MR) is 59.0 cm³/mol. The molecular formula is C11H12N4O2. The normalized spacial score (nSPS) is 12.0. The first kappa shape index (κ1) is 11.3. The number of rotatable bonds is 6. The minimum Gasteiger partial charge on any atom is -0.464 e. The van der Waals surface area contributed by atoms with Crippen LogP contribution >= 0.6 is 0 Å². The number of carbonyl (C=O) groups is 1. The van der Waals surface area contributed by atoms with Crippen molar-refractivity contribution in [3.05, 3.63) is 41.7 Å². The second-order valence-electron chi connectivity index (χ2n) is 3.60. The van der Waals surface area contributed by atoms with Gasteiger partial charge in [0.05, 0.1) is 0 Å². The van der Waals surface area contributed by atoms with E-state index in [9.17, 15) is 4.79 Å². The molecule has 1 N–H and O–H groups in total. The van der Waals surface area contributed by atoms with Gasteiger partial charge in [0, 0.05) is 12.8 Å². The first-order chi connectivity index (χ1) is 8.38. The van der Waals surface area contributed by atoms with Gasteiger partial charge in [-0.3, -0.25) is 4.79 Å². The van der Waals surface area contributed by atoms with Gasteiger partial charge in [0.15, 0.2) is 5.82 Å². The molecule has 0 aliphatic carbocycles. The quantitative estimate of drug-likeness (QED) is 0.734. The lowest BCUT2D eigenvalue weighted by atomic mass is 10.1. The Bertz CT molecular complexity index is 444. The Morgan fingerprint density at radius 1 is 1.29 bits per heavy atom. The molecular weight excluding hydrogens is 220 g/mol. The highest BCUT2D eigenvalue weighted by molar-refractivity contribution is 5.37. The van der Waals surface area contributed by atoms with Gasteiger partial charge in [0.25, 0.3) is 6.47 Å². The van der Waals surface area contributed by atoms with E-state index in [1.807, 2.05) is 30.3 Å². The Balaban J connectivity index is 2.00. The largest absolute Gasteiger partial charge is 0.464 e. The highest BCUT2D eigenvalue weighted by Gasteiger charge is 2.13. The Hall–Kier alpha value is -2.24. The number of nitrogens with one attached hydrogen (secondary N) is 1. The smallest absolute Gasteiger partial charge is 0.293 e. The fourth-order valence-electron chi connectivity index (χ4n) is 1.60. The number of ether oxygens (including phenoxy) is 1. The van der Waals surface area contributed by atoms with Crippen LogP contribution in [0.2, 0.25) is 0 Å². The summed E-state index contributed by atoms with van der Waals surface area (Å²) in [5.74, 6) is 0.604. The van der Waals surface area contributed by atoms with E-state index in [2.05, 4.69) is 20.6 Å². The van der Waals surface area contributed by atoms with Crippen molar-refractivity contribution in [2.75, 3.05) is 0 Å². The molecule has 1 heterocycles. The monoisotopic (exact) mass is 232 g/mol. The van der Waals surface area contributed by atoms with Gasteiger partial charge in [-0.25, -0.2) is 5.10 Å². The molecule has 0 saturated carbocycles. The van der Waals surface area contributed by atoms with Crippen LogP contribution in [0.5, 0.6) is 0 Å². The highest BCUT2D eigenvalue weighted by atomic mass is 16.5. The molecule has 2 aromatic rings. The zero-order valence-corrected chi connectivity index (χ0v) is 9.11. The SMILES string of the molecule is O=COC(Cc1ccccc1)Cc1nnn[nH]1. The van der Waals surface area contributed by atoms with Crippen LogP contribution in [-0.4, -0.2) is 33.2 Å². The molecule has 0 amide bonds. The lowest BCUT2D eigenvalue weighted by Crippen LogP contribution is -2.19. The van der Waals surface area contributed by atoms with Gasteiger partial charge < -0.3 is 4.74 Å². The van der Waals surface area contributed by atoms with Gasteiger partial charge in [-0.15, -0.1) is 5.10 Å². The van der Waals surface area contributed by atoms with E-state index >= 15 is 0 Å². The van der Waals surface area contributed by atoms with E-state index in [-0.39, 0.29) is 6.10 Å². The Kier molecular flexibility index (Phi) is 3.80. The van der Waals surface area contributed by atoms with E-state index in [4.69, 9.17) is 4.74 Å². The van der Waals surface area contributed by atoms with Crippen LogP contribution in [0.1, 0.15) is 11.4 Å².